The Kier molecular flexibility index (Phi) is 8.33. The largest absolute Gasteiger partial charge is 0.414 e. The minimum absolute atomic E-state index is 0.0800. The van der Waals surface area contributed by atoms with E-state index >= 15 is 0 Å². The number of hydrogen-bond acceptors (Lipinski definition) is 1. The molecule has 1 rings (SSSR count). The third kappa shape index (κ3) is 5.51. The maximum Gasteiger partial charge on any atom is 0.192 e. The third-order valence-corrected chi connectivity index (χ3v) is 10.3. The highest BCUT2D eigenvalue weighted by Crippen LogP contribution is 2.42. The molecular formula is C21H35ClOSi. The summed E-state index contributed by atoms with van der Waals surface area (Å²) in [6.45, 7) is 15.8. The number of alkyl halides is 1. The van der Waals surface area contributed by atoms with Gasteiger partial charge in [-0.05, 0) is 55.8 Å². The highest BCUT2D eigenvalue weighted by Gasteiger charge is 2.38. The molecule has 0 aromatic heterocycles. The lowest BCUT2D eigenvalue weighted by Gasteiger charge is -2.41. The van der Waals surface area contributed by atoms with Crippen LogP contribution in [0.25, 0.3) is 0 Å². The summed E-state index contributed by atoms with van der Waals surface area (Å²) in [5, 5.41) is 0. The lowest BCUT2D eigenvalue weighted by Crippen LogP contribution is -2.43. The van der Waals surface area contributed by atoms with Crippen molar-refractivity contribution in [3.63, 3.8) is 0 Å². The molecule has 0 aromatic rings. The molecule has 24 heavy (non-hydrogen) atoms. The SMILES string of the molecule is CC[Si](CC)(CC)O[C@@H]1CC(C)=C(C#C/C(C)=C/CCl)C(C)(C)C1. The van der Waals surface area contributed by atoms with E-state index < -0.39 is 8.32 Å². The van der Waals surface area contributed by atoms with Gasteiger partial charge in [0, 0.05) is 17.6 Å². The zero-order valence-corrected chi connectivity index (χ0v) is 18.4. The van der Waals surface area contributed by atoms with Crippen LogP contribution >= 0.6 is 11.6 Å². The summed E-state index contributed by atoms with van der Waals surface area (Å²) >= 11 is 5.76. The molecule has 1 nitrogen and oxygen atoms in total. The van der Waals surface area contributed by atoms with E-state index in [0.29, 0.717) is 12.0 Å². The van der Waals surface area contributed by atoms with Gasteiger partial charge >= 0.3 is 0 Å². The van der Waals surface area contributed by atoms with Gasteiger partial charge in [-0.1, -0.05) is 58.1 Å². The van der Waals surface area contributed by atoms with E-state index in [1.807, 2.05) is 13.0 Å². The molecule has 0 saturated heterocycles. The number of allylic oxidation sites excluding steroid dienone is 3. The van der Waals surface area contributed by atoms with Crippen LogP contribution in [0.5, 0.6) is 0 Å². The van der Waals surface area contributed by atoms with Crippen molar-refractivity contribution in [1.82, 2.24) is 0 Å². The fourth-order valence-electron chi connectivity index (χ4n) is 3.81. The van der Waals surface area contributed by atoms with Crippen molar-refractivity contribution >= 4 is 19.9 Å². The first kappa shape index (κ1) is 21.5. The molecule has 136 valence electrons. The molecule has 3 heteroatoms. The topological polar surface area (TPSA) is 9.23 Å². The second kappa shape index (κ2) is 9.27. The molecule has 1 aliphatic rings. The molecule has 0 bridgehead atoms. The van der Waals surface area contributed by atoms with Crippen LogP contribution in [0.2, 0.25) is 18.1 Å². The van der Waals surface area contributed by atoms with Gasteiger partial charge in [0.05, 0.1) is 0 Å². The molecule has 0 saturated carbocycles. The maximum atomic E-state index is 6.77. The molecule has 1 aliphatic carbocycles. The van der Waals surface area contributed by atoms with E-state index in [-0.39, 0.29) is 5.41 Å². The van der Waals surface area contributed by atoms with Crippen molar-refractivity contribution in [2.75, 3.05) is 5.88 Å². The zero-order valence-electron chi connectivity index (χ0n) is 16.7. The number of halogens is 1. The molecule has 0 aliphatic heterocycles. The predicted octanol–water partition coefficient (Wildman–Crippen LogP) is 6.70. The van der Waals surface area contributed by atoms with Gasteiger partial charge in [0.2, 0.25) is 0 Å². The standard InChI is InChI=1S/C21H35ClOSi/c1-8-24(9-2,10-3)23-19-15-18(5)20(21(6,7)16-19)12-11-17(4)13-14-22/h13,19H,8-10,14-16H2,1-7H3/b17-13+/t19-/m1/s1. The van der Waals surface area contributed by atoms with Crippen molar-refractivity contribution < 1.29 is 4.43 Å². The molecule has 0 radical (unpaired) electrons. The van der Waals surface area contributed by atoms with Gasteiger partial charge < -0.3 is 4.43 Å². The van der Waals surface area contributed by atoms with Crippen molar-refractivity contribution in [3.05, 3.63) is 22.8 Å². The minimum Gasteiger partial charge on any atom is -0.414 e. The van der Waals surface area contributed by atoms with Gasteiger partial charge in [0.1, 0.15) is 0 Å². The van der Waals surface area contributed by atoms with E-state index in [1.54, 1.807) is 0 Å². The minimum atomic E-state index is -1.55. The van der Waals surface area contributed by atoms with Gasteiger partial charge in [-0.2, -0.15) is 0 Å². The Bertz CT molecular complexity index is 536. The lowest BCUT2D eigenvalue weighted by atomic mass is 9.72. The van der Waals surface area contributed by atoms with Crippen LogP contribution < -0.4 is 0 Å². The summed E-state index contributed by atoms with van der Waals surface area (Å²) in [6.07, 6.45) is 4.43. The van der Waals surface area contributed by atoms with Crippen molar-refractivity contribution in [2.45, 2.75) is 85.5 Å². The quantitative estimate of drug-likeness (QED) is 0.288. The van der Waals surface area contributed by atoms with E-state index in [9.17, 15) is 0 Å². The molecule has 0 aromatic carbocycles. The van der Waals surface area contributed by atoms with Gasteiger partial charge in [-0.15, -0.1) is 11.6 Å². The Morgan fingerprint density at radius 3 is 2.33 bits per heavy atom. The van der Waals surface area contributed by atoms with E-state index in [4.69, 9.17) is 16.0 Å². The van der Waals surface area contributed by atoms with Crippen LogP contribution in [-0.4, -0.2) is 20.3 Å². The molecule has 0 spiro atoms. The summed E-state index contributed by atoms with van der Waals surface area (Å²) in [7, 11) is -1.55. The predicted molar refractivity (Wildman–Crippen MR) is 110 cm³/mol. The fourth-order valence-corrected chi connectivity index (χ4v) is 6.91. The summed E-state index contributed by atoms with van der Waals surface area (Å²) < 4.78 is 6.77. The van der Waals surface area contributed by atoms with E-state index in [1.165, 1.54) is 29.3 Å². The lowest BCUT2D eigenvalue weighted by molar-refractivity contribution is 0.128. The maximum absolute atomic E-state index is 6.77. The molecule has 0 fully saturated rings. The summed E-state index contributed by atoms with van der Waals surface area (Å²) in [5.74, 6) is 7.23. The summed E-state index contributed by atoms with van der Waals surface area (Å²) in [6, 6.07) is 3.65. The molecule has 1 atom stereocenters. The number of hydrogen-bond donors (Lipinski definition) is 0. The van der Waals surface area contributed by atoms with Crippen LogP contribution in [0.3, 0.4) is 0 Å². The molecule has 0 heterocycles. The van der Waals surface area contributed by atoms with Crippen LogP contribution in [0, 0.1) is 17.3 Å². The fraction of sp³-hybridized carbons (Fsp3) is 0.714. The first-order valence-corrected chi connectivity index (χ1v) is 12.4. The highest BCUT2D eigenvalue weighted by atomic mass is 35.5. The van der Waals surface area contributed by atoms with Crippen LogP contribution in [0.15, 0.2) is 22.8 Å². The van der Waals surface area contributed by atoms with Gasteiger partial charge in [-0.3, -0.25) is 0 Å². The first-order valence-electron chi connectivity index (χ1n) is 9.36. The van der Waals surface area contributed by atoms with Gasteiger partial charge in [0.25, 0.3) is 0 Å². The first-order chi connectivity index (χ1) is 11.2. The van der Waals surface area contributed by atoms with Crippen molar-refractivity contribution in [3.8, 4) is 11.8 Å². The summed E-state index contributed by atoms with van der Waals surface area (Å²) in [5.41, 5.74) is 3.82. The normalized spacial score (nSPS) is 21.5. The molecule has 0 N–H and O–H groups in total. The Labute approximate surface area is 156 Å². The monoisotopic (exact) mass is 366 g/mol. The van der Waals surface area contributed by atoms with Gasteiger partial charge in [-0.25, -0.2) is 0 Å². The Hall–Kier alpha value is -0.493. The van der Waals surface area contributed by atoms with Crippen LogP contribution in [0.4, 0.5) is 0 Å². The average molecular weight is 367 g/mol. The molecular weight excluding hydrogens is 332 g/mol. The average Bonchev–Trinajstić information content (AvgIpc) is 2.51. The zero-order chi connectivity index (χ0) is 18.4. The van der Waals surface area contributed by atoms with Gasteiger partial charge in [0.15, 0.2) is 8.32 Å². The second-order valence-electron chi connectivity index (χ2n) is 7.72. The van der Waals surface area contributed by atoms with Crippen molar-refractivity contribution in [2.24, 2.45) is 5.41 Å². The Morgan fingerprint density at radius 2 is 1.88 bits per heavy atom. The highest BCUT2D eigenvalue weighted by molar-refractivity contribution is 6.73. The van der Waals surface area contributed by atoms with Crippen LogP contribution in [0.1, 0.15) is 61.3 Å². The summed E-state index contributed by atoms with van der Waals surface area (Å²) in [4.78, 5) is 0. The van der Waals surface area contributed by atoms with E-state index in [0.717, 1.165) is 18.4 Å². The number of rotatable bonds is 6. The third-order valence-electron chi connectivity index (χ3n) is 5.49. The second-order valence-corrected chi connectivity index (χ2v) is 12.8. The Balaban J connectivity index is 3.03. The molecule has 0 unspecified atom stereocenters. The molecule has 0 amide bonds. The smallest absolute Gasteiger partial charge is 0.192 e. The Morgan fingerprint density at radius 1 is 1.29 bits per heavy atom. The van der Waals surface area contributed by atoms with Crippen LogP contribution in [-0.2, 0) is 4.43 Å². The van der Waals surface area contributed by atoms with Crippen molar-refractivity contribution in [1.29, 1.82) is 0 Å². The van der Waals surface area contributed by atoms with E-state index in [2.05, 4.69) is 53.4 Å².